The van der Waals surface area contributed by atoms with E-state index in [1.165, 1.54) is 0 Å². The molecule has 0 fully saturated rings. The van der Waals surface area contributed by atoms with Gasteiger partial charge >= 0.3 is 0 Å². The number of nitrogens with zero attached hydrogens (tertiary/aromatic N) is 2. The minimum absolute atomic E-state index is 0.114. The second-order valence-corrected chi connectivity index (χ2v) is 5.03. The van der Waals surface area contributed by atoms with Gasteiger partial charge in [-0.3, -0.25) is 9.48 Å². The summed E-state index contributed by atoms with van der Waals surface area (Å²) in [6, 6.07) is 0. The van der Waals surface area contributed by atoms with Crippen LogP contribution in [0.15, 0.2) is 6.20 Å². The molecule has 0 saturated heterocycles. The molecule has 5 nitrogen and oxygen atoms in total. The molecule has 1 aromatic rings. The topological polar surface area (TPSA) is 72.9 Å². The zero-order valence-electron chi connectivity index (χ0n) is 11.2. The van der Waals surface area contributed by atoms with E-state index >= 15 is 0 Å². The smallest absolute Gasteiger partial charge is 0.255 e. The van der Waals surface area contributed by atoms with Gasteiger partial charge in [0.2, 0.25) is 0 Å². The monoisotopic (exact) mass is 238 g/mol. The number of nitrogens with one attached hydrogen (secondary N) is 1. The van der Waals surface area contributed by atoms with E-state index in [1.54, 1.807) is 17.9 Å². The van der Waals surface area contributed by atoms with Gasteiger partial charge in [0.15, 0.2) is 0 Å². The molecule has 1 unspecified atom stereocenters. The number of hydrogen-bond donors (Lipinski definition) is 2. The normalized spacial score (nSPS) is 14.8. The number of amides is 1. The molecule has 0 aliphatic rings. The van der Waals surface area contributed by atoms with Crippen LogP contribution in [0.2, 0.25) is 0 Å². The van der Waals surface area contributed by atoms with Gasteiger partial charge in [0, 0.05) is 19.8 Å². The highest BCUT2D eigenvalue weighted by molar-refractivity contribution is 5.95. The fraction of sp³-hybridized carbons (Fsp3) is 0.667. The molecule has 1 amide bonds. The van der Waals surface area contributed by atoms with Crippen LogP contribution in [0.5, 0.6) is 0 Å². The zero-order valence-corrected chi connectivity index (χ0v) is 11.2. The van der Waals surface area contributed by atoms with Crippen LogP contribution in [0.3, 0.4) is 0 Å². The maximum atomic E-state index is 12.1. The number of hydrogen-bond acceptors (Lipinski definition) is 3. The first kappa shape index (κ1) is 13.7. The minimum Gasteiger partial charge on any atom is -0.345 e. The number of aromatic nitrogens is 2. The van der Waals surface area contributed by atoms with Crippen LogP contribution < -0.4 is 11.1 Å². The second-order valence-electron chi connectivity index (χ2n) is 5.03. The third kappa shape index (κ3) is 2.85. The summed E-state index contributed by atoms with van der Waals surface area (Å²) in [6.45, 7) is 8.29. The molecule has 0 saturated carbocycles. The fourth-order valence-electron chi connectivity index (χ4n) is 1.58. The minimum atomic E-state index is -0.390. The van der Waals surface area contributed by atoms with Crippen LogP contribution in [0.25, 0.3) is 0 Å². The van der Waals surface area contributed by atoms with Gasteiger partial charge in [-0.15, -0.1) is 0 Å². The van der Waals surface area contributed by atoms with Crippen LogP contribution in [0.1, 0.15) is 36.8 Å². The molecule has 96 valence electrons. The van der Waals surface area contributed by atoms with Gasteiger partial charge in [-0.25, -0.2) is 0 Å². The molecule has 1 rings (SSSR count). The summed E-state index contributed by atoms with van der Waals surface area (Å²) in [5.41, 5.74) is 6.69. The average Bonchev–Trinajstić information content (AvgIpc) is 2.57. The van der Waals surface area contributed by atoms with Gasteiger partial charge in [0.25, 0.3) is 5.91 Å². The third-order valence-electron chi connectivity index (χ3n) is 3.36. The Balaban J connectivity index is 2.89. The van der Waals surface area contributed by atoms with Gasteiger partial charge in [-0.1, -0.05) is 13.8 Å². The average molecular weight is 238 g/mol. The maximum absolute atomic E-state index is 12.1. The summed E-state index contributed by atoms with van der Waals surface area (Å²) in [5, 5.41) is 7.15. The quantitative estimate of drug-likeness (QED) is 0.816. The lowest BCUT2D eigenvalue weighted by molar-refractivity contribution is 0.0882. The standard InChI is InChI=1S/C12H22N4O/c1-8(2)12(4,7-13)14-11(17)10-6-16(5)15-9(10)3/h6,8H,7,13H2,1-5H3,(H,14,17). The van der Waals surface area contributed by atoms with Crippen molar-refractivity contribution >= 4 is 5.91 Å². The van der Waals surface area contributed by atoms with Gasteiger partial charge in [-0.2, -0.15) is 5.10 Å². The van der Waals surface area contributed by atoms with Crippen LogP contribution >= 0.6 is 0 Å². The predicted octanol–water partition coefficient (Wildman–Crippen LogP) is 0.832. The largest absolute Gasteiger partial charge is 0.345 e. The lowest BCUT2D eigenvalue weighted by atomic mass is 9.88. The van der Waals surface area contributed by atoms with Crippen molar-refractivity contribution in [3.05, 3.63) is 17.5 Å². The molecular formula is C12H22N4O. The van der Waals surface area contributed by atoms with E-state index in [9.17, 15) is 4.79 Å². The summed E-state index contributed by atoms with van der Waals surface area (Å²) < 4.78 is 1.64. The van der Waals surface area contributed by atoms with Crippen molar-refractivity contribution in [2.45, 2.75) is 33.2 Å². The van der Waals surface area contributed by atoms with E-state index in [0.717, 1.165) is 5.69 Å². The molecule has 0 aliphatic carbocycles. The summed E-state index contributed by atoms with van der Waals surface area (Å²) in [7, 11) is 1.80. The Morgan fingerprint density at radius 1 is 1.65 bits per heavy atom. The molecule has 0 aliphatic heterocycles. The second kappa shape index (κ2) is 4.87. The highest BCUT2D eigenvalue weighted by atomic mass is 16.1. The molecule has 0 spiro atoms. The molecule has 0 aromatic carbocycles. The van der Waals surface area contributed by atoms with E-state index in [-0.39, 0.29) is 17.4 Å². The molecule has 0 radical (unpaired) electrons. The Labute approximate surface area is 102 Å². The first-order valence-electron chi connectivity index (χ1n) is 5.83. The Kier molecular flexibility index (Phi) is 3.93. The van der Waals surface area contributed by atoms with Crippen LogP contribution in [0, 0.1) is 12.8 Å². The molecule has 3 N–H and O–H groups in total. The van der Waals surface area contributed by atoms with Gasteiger partial charge in [0.1, 0.15) is 0 Å². The van der Waals surface area contributed by atoms with Gasteiger partial charge in [-0.05, 0) is 19.8 Å². The number of nitrogens with two attached hydrogens (primary N) is 1. The first-order valence-corrected chi connectivity index (χ1v) is 5.83. The summed E-state index contributed by atoms with van der Waals surface area (Å²) in [5.74, 6) is 0.158. The molecule has 1 heterocycles. The predicted molar refractivity (Wildman–Crippen MR) is 67.7 cm³/mol. The van der Waals surface area contributed by atoms with Crippen molar-refractivity contribution < 1.29 is 4.79 Å². The zero-order chi connectivity index (χ0) is 13.2. The molecule has 1 atom stereocenters. The summed E-state index contributed by atoms with van der Waals surface area (Å²) in [4.78, 5) is 12.1. The van der Waals surface area contributed by atoms with E-state index in [0.29, 0.717) is 12.1 Å². The van der Waals surface area contributed by atoms with Crippen molar-refractivity contribution in [1.82, 2.24) is 15.1 Å². The molecule has 17 heavy (non-hydrogen) atoms. The molecular weight excluding hydrogens is 216 g/mol. The van der Waals surface area contributed by atoms with E-state index in [1.807, 2.05) is 27.7 Å². The van der Waals surface area contributed by atoms with Crippen molar-refractivity contribution in [2.75, 3.05) is 6.54 Å². The molecule has 5 heteroatoms. The van der Waals surface area contributed by atoms with Crippen LogP contribution in [0.4, 0.5) is 0 Å². The Morgan fingerprint density at radius 3 is 2.59 bits per heavy atom. The SMILES string of the molecule is Cc1nn(C)cc1C(=O)NC(C)(CN)C(C)C. The summed E-state index contributed by atoms with van der Waals surface area (Å²) in [6.07, 6.45) is 1.72. The first-order chi connectivity index (χ1) is 7.80. The lowest BCUT2D eigenvalue weighted by Gasteiger charge is -2.33. The van der Waals surface area contributed by atoms with Gasteiger partial charge < -0.3 is 11.1 Å². The van der Waals surface area contributed by atoms with Crippen molar-refractivity contribution in [1.29, 1.82) is 0 Å². The summed E-state index contributed by atoms with van der Waals surface area (Å²) >= 11 is 0. The molecule has 1 aromatic heterocycles. The number of rotatable bonds is 4. The highest BCUT2D eigenvalue weighted by Crippen LogP contribution is 2.16. The van der Waals surface area contributed by atoms with Crippen LogP contribution in [-0.4, -0.2) is 27.8 Å². The lowest BCUT2D eigenvalue weighted by Crippen LogP contribution is -2.55. The van der Waals surface area contributed by atoms with E-state index < -0.39 is 0 Å². The van der Waals surface area contributed by atoms with Gasteiger partial charge in [0.05, 0.1) is 16.8 Å². The van der Waals surface area contributed by atoms with Crippen LogP contribution in [-0.2, 0) is 7.05 Å². The number of aryl methyl sites for hydroxylation is 2. The fourth-order valence-corrected chi connectivity index (χ4v) is 1.58. The highest BCUT2D eigenvalue weighted by Gasteiger charge is 2.29. The van der Waals surface area contributed by atoms with E-state index in [2.05, 4.69) is 10.4 Å². The number of carbonyl (C=O) groups excluding carboxylic acids is 1. The van der Waals surface area contributed by atoms with E-state index in [4.69, 9.17) is 5.73 Å². The van der Waals surface area contributed by atoms with Crippen molar-refractivity contribution in [3.63, 3.8) is 0 Å². The van der Waals surface area contributed by atoms with Crippen molar-refractivity contribution in [3.8, 4) is 0 Å². The maximum Gasteiger partial charge on any atom is 0.255 e. The Bertz CT molecular complexity index is 411. The Hall–Kier alpha value is -1.36. The number of carbonyl (C=O) groups is 1. The molecule has 0 bridgehead atoms. The Morgan fingerprint density at radius 2 is 2.24 bits per heavy atom. The van der Waals surface area contributed by atoms with Crippen molar-refractivity contribution in [2.24, 2.45) is 18.7 Å². The third-order valence-corrected chi connectivity index (χ3v) is 3.36.